The number of rotatable bonds is 11. The Labute approximate surface area is 269 Å². The largest absolute Gasteiger partial charge is 0.458 e. The summed E-state index contributed by atoms with van der Waals surface area (Å²) in [5, 5.41) is 8.79. The van der Waals surface area contributed by atoms with E-state index >= 15 is 0 Å². The standard InChI is InChI=1S/C35H39N5O5S/c1-23(30(25-12-7-6-8-13-25)35(16-11-17-37-35)33(41)45-34(2,3)4)31-38-39-32(44-31)28-19-24(20-29(21-28)40-46(5,42)43)18-26-14-9-10-15-27(26)22-36/h6-17,19-21,23,30,40H,18,22,36H2,1-5H3. The number of anilines is 1. The summed E-state index contributed by atoms with van der Waals surface area (Å²) in [6, 6.07) is 22.8. The van der Waals surface area contributed by atoms with Crippen molar-refractivity contribution in [2.45, 2.75) is 63.6 Å². The fourth-order valence-corrected chi connectivity index (χ4v) is 6.34. The Morgan fingerprint density at radius 2 is 1.72 bits per heavy atom. The van der Waals surface area contributed by atoms with Crippen molar-refractivity contribution in [3.63, 3.8) is 0 Å². The summed E-state index contributed by atoms with van der Waals surface area (Å²) in [6.07, 6.45) is 6.72. The number of allylic oxidation sites excluding steroid dienone is 1. The van der Waals surface area contributed by atoms with Crippen LogP contribution < -0.4 is 10.5 Å². The molecule has 2 heterocycles. The molecule has 3 N–H and O–H groups in total. The second-order valence-electron chi connectivity index (χ2n) is 12.5. The van der Waals surface area contributed by atoms with E-state index in [0.29, 0.717) is 30.1 Å². The van der Waals surface area contributed by atoms with Crippen LogP contribution in [0.25, 0.3) is 11.5 Å². The van der Waals surface area contributed by atoms with Gasteiger partial charge in [-0.05, 0) is 79.8 Å². The minimum Gasteiger partial charge on any atom is -0.458 e. The highest BCUT2D eigenvalue weighted by molar-refractivity contribution is 7.92. The Balaban J connectivity index is 1.56. The van der Waals surface area contributed by atoms with Crippen LogP contribution >= 0.6 is 0 Å². The summed E-state index contributed by atoms with van der Waals surface area (Å²) in [4.78, 5) is 18.5. The molecule has 0 saturated heterocycles. The van der Waals surface area contributed by atoms with E-state index in [-0.39, 0.29) is 5.89 Å². The summed E-state index contributed by atoms with van der Waals surface area (Å²) in [6.45, 7) is 7.76. The van der Waals surface area contributed by atoms with Crippen molar-refractivity contribution < 1.29 is 22.4 Å². The van der Waals surface area contributed by atoms with Gasteiger partial charge in [-0.2, -0.15) is 0 Å². The van der Waals surface area contributed by atoms with E-state index < -0.39 is 39.0 Å². The first-order valence-electron chi connectivity index (χ1n) is 15.0. The zero-order chi connectivity index (χ0) is 33.1. The van der Waals surface area contributed by atoms with E-state index in [1.165, 1.54) is 0 Å². The van der Waals surface area contributed by atoms with Gasteiger partial charge in [0, 0.05) is 35.8 Å². The molecule has 11 heteroatoms. The van der Waals surface area contributed by atoms with Crippen molar-refractivity contribution in [2.24, 2.45) is 10.7 Å². The zero-order valence-electron chi connectivity index (χ0n) is 26.6. The molecular formula is C35H39N5O5S. The fourth-order valence-electron chi connectivity index (χ4n) is 5.79. The average molecular weight is 642 g/mol. The highest BCUT2D eigenvalue weighted by Crippen LogP contribution is 2.46. The maximum atomic E-state index is 13.8. The maximum Gasteiger partial charge on any atom is 0.339 e. The van der Waals surface area contributed by atoms with Gasteiger partial charge in [0.15, 0.2) is 5.54 Å². The van der Waals surface area contributed by atoms with Crippen molar-refractivity contribution in [2.75, 3.05) is 11.0 Å². The number of hydrogen-bond donors (Lipinski definition) is 2. The molecule has 0 amide bonds. The molecule has 0 radical (unpaired) electrons. The van der Waals surface area contributed by atoms with Gasteiger partial charge in [0.2, 0.25) is 21.8 Å². The van der Waals surface area contributed by atoms with Crippen molar-refractivity contribution in [3.05, 3.63) is 113 Å². The van der Waals surface area contributed by atoms with Gasteiger partial charge >= 0.3 is 5.97 Å². The molecule has 0 aliphatic carbocycles. The Bertz CT molecular complexity index is 1860. The van der Waals surface area contributed by atoms with Crippen molar-refractivity contribution >= 4 is 27.9 Å². The number of carbonyl (C=O) groups is 1. The maximum absolute atomic E-state index is 13.8. The molecule has 10 nitrogen and oxygen atoms in total. The van der Waals surface area contributed by atoms with Crippen molar-refractivity contribution in [1.82, 2.24) is 10.2 Å². The van der Waals surface area contributed by atoms with Gasteiger partial charge in [-0.25, -0.2) is 13.2 Å². The molecule has 1 aromatic heterocycles. The van der Waals surface area contributed by atoms with Gasteiger partial charge in [-0.3, -0.25) is 9.71 Å². The van der Waals surface area contributed by atoms with Gasteiger partial charge in [-0.1, -0.05) is 61.5 Å². The minimum absolute atomic E-state index is 0.205. The van der Waals surface area contributed by atoms with Gasteiger partial charge in [0.25, 0.3) is 0 Å². The number of sulfonamides is 1. The Morgan fingerprint density at radius 1 is 1.02 bits per heavy atom. The number of nitrogens with two attached hydrogens (primary N) is 1. The first kappa shape index (κ1) is 32.8. The number of nitrogens with one attached hydrogen (secondary N) is 1. The molecule has 0 fully saturated rings. The Hall–Kier alpha value is -4.61. The highest BCUT2D eigenvalue weighted by Gasteiger charge is 2.51. The van der Waals surface area contributed by atoms with Crippen LogP contribution in [0.4, 0.5) is 5.69 Å². The molecule has 1 aliphatic rings. The average Bonchev–Trinajstić information content (AvgIpc) is 3.68. The fraction of sp³-hybridized carbons (Fsp3) is 0.314. The van der Waals surface area contributed by atoms with Crippen LogP contribution in [0.1, 0.15) is 67.7 Å². The lowest BCUT2D eigenvalue weighted by Gasteiger charge is -2.36. The van der Waals surface area contributed by atoms with E-state index in [9.17, 15) is 13.2 Å². The van der Waals surface area contributed by atoms with E-state index in [1.807, 2.05) is 88.4 Å². The third-order valence-electron chi connectivity index (χ3n) is 7.69. The summed E-state index contributed by atoms with van der Waals surface area (Å²) >= 11 is 0. The first-order valence-corrected chi connectivity index (χ1v) is 16.9. The monoisotopic (exact) mass is 641 g/mol. The number of ether oxygens (including phenoxy) is 1. The zero-order valence-corrected chi connectivity index (χ0v) is 27.4. The second kappa shape index (κ2) is 13.0. The first-order chi connectivity index (χ1) is 21.8. The number of aliphatic imine (C=N–C) groups is 1. The topological polar surface area (TPSA) is 150 Å². The quantitative estimate of drug-likeness (QED) is 0.196. The molecular weight excluding hydrogens is 602 g/mol. The molecule has 1 aliphatic heterocycles. The van der Waals surface area contributed by atoms with Gasteiger partial charge in [0.1, 0.15) is 5.60 Å². The summed E-state index contributed by atoms with van der Waals surface area (Å²) < 4.78 is 39.1. The van der Waals surface area contributed by atoms with Crippen LogP contribution in [-0.4, -0.2) is 48.2 Å². The van der Waals surface area contributed by atoms with Crippen LogP contribution in [-0.2, 0) is 32.5 Å². The van der Waals surface area contributed by atoms with E-state index in [2.05, 4.69) is 19.9 Å². The second-order valence-corrected chi connectivity index (χ2v) is 14.3. The van der Waals surface area contributed by atoms with Crippen molar-refractivity contribution in [3.8, 4) is 11.5 Å². The molecule has 0 saturated carbocycles. The lowest BCUT2D eigenvalue weighted by atomic mass is 9.72. The van der Waals surface area contributed by atoms with Crippen molar-refractivity contribution in [1.29, 1.82) is 0 Å². The number of hydrogen-bond acceptors (Lipinski definition) is 9. The van der Waals surface area contributed by atoms with Crippen LogP contribution in [0.2, 0.25) is 0 Å². The lowest BCUT2D eigenvalue weighted by Crippen LogP contribution is -2.46. The van der Waals surface area contributed by atoms with E-state index in [1.54, 1.807) is 30.5 Å². The van der Waals surface area contributed by atoms with Gasteiger partial charge in [-0.15, -0.1) is 10.2 Å². The summed E-state index contributed by atoms with van der Waals surface area (Å²) in [7, 11) is -3.57. The van der Waals surface area contributed by atoms with E-state index in [0.717, 1.165) is 28.5 Å². The van der Waals surface area contributed by atoms with Crippen LogP contribution in [0, 0.1) is 0 Å². The van der Waals surface area contributed by atoms with Crippen LogP contribution in [0.15, 0.2) is 94.4 Å². The molecule has 240 valence electrons. The smallest absolute Gasteiger partial charge is 0.339 e. The number of aromatic nitrogens is 2. The third-order valence-corrected chi connectivity index (χ3v) is 8.30. The predicted octanol–water partition coefficient (Wildman–Crippen LogP) is 5.77. The molecule has 0 bridgehead atoms. The summed E-state index contributed by atoms with van der Waals surface area (Å²) in [5.74, 6) is -1.01. The number of esters is 1. The number of carbonyl (C=O) groups excluding carboxylic acids is 1. The number of benzene rings is 3. The molecule has 46 heavy (non-hydrogen) atoms. The third kappa shape index (κ3) is 7.43. The minimum atomic E-state index is -3.57. The SMILES string of the molecule is CC(c1nnc(-c2cc(Cc3ccccc3CN)cc(NS(C)(=O)=O)c2)o1)C(c1ccccc1)C1(C(=O)OC(C)(C)C)C=CC=N1. The predicted molar refractivity (Wildman–Crippen MR) is 179 cm³/mol. The van der Waals surface area contributed by atoms with Gasteiger partial charge < -0.3 is 14.9 Å². The molecule has 4 aromatic rings. The molecule has 3 unspecified atom stereocenters. The molecule has 3 aromatic carbocycles. The van der Waals surface area contributed by atoms with Crippen LogP contribution in [0.3, 0.4) is 0 Å². The normalized spacial score (nSPS) is 17.5. The van der Waals surface area contributed by atoms with Crippen LogP contribution in [0.5, 0.6) is 0 Å². The van der Waals surface area contributed by atoms with Gasteiger partial charge in [0.05, 0.1) is 6.26 Å². The Morgan fingerprint density at radius 3 is 2.35 bits per heavy atom. The number of nitrogens with zero attached hydrogens (tertiary/aromatic N) is 3. The lowest BCUT2D eigenvalue weighted by molar-refractivity contribution is -0.160. The molecule has 5 rings (SSSR count). The van der Waals surface area contributed by atoms with E-state index in [4.69, 9.17) is 14.9 Å². The Kier molecular flexibility index (Phi) is 9.27. The summed E-state index contributed by atoms with van der Waals surface area (Å²) in [5.41, 5.74) is 8.49. The molecule has 3 atom stereocenters. The molecule has 0 spiro atoms. The highest BCUT2D eigenvalue weighted by atomic mass is 32.2.